The van der Waals surface area contributed by atoms with Gasteiger partial charge in [0.05, 0.1) is 17.3 Å². The summed E-state index contributed by atoms with van der Waals surface area (Å²) in [5, 5.41) is 13.4. The van der Waals surface area contributed by atoms with Crippen LogP contribution >= 0.6 is 0 Å². The molecule has 0 bridgehead atoms. The lowest BCUT2D eigenvalue weighted by Gasteiger charge is -2.32. The second-order valence-electron chi connectivity index (χ2n) is 6.05. The number of aromatic nitrogens is 2. The molecule has 7 heteroatoms. The number of amides is 1. The summed E-state index contributed by atoms with van der Waals surface area (Å²) in [6, 6.07) is 8.66. The average molecular weight is 344 g/mol. The lowest BCUT2D eigenvalue weighted by Crippen LogP contribution is -2.42. The van der Waals surface area contributed by atoms with Crippen molar-refractivity contribution in [3.63, 3.8) is 0 Å². The van der Waals surface area contributed by atoms with Crippen LogP contribution in [0.4, 0.5) is 8.78 Å². The number of carbonyl (C=O) groups is 1. The van der Waals surface area contributed by atoms with E-state index in [0.29, 0.717) is 23.2 Å². The molecule has 5 nitrogen and oxygen atoms in total. The molecule has 1 aromatic carbocycles. The monoisotopic (exact) mass is 344 g/mol. The Balaban J connectivity index is 1.99. The highest BCUT2D eigenvalue weighted by atomic mass is 19.3. The van der Waals surface area contributed by atoms with Crippen LogP contribution in [0.5, 0.6) is 0 Å². The first-order valence-electron chi connectivity index (χ1n) is 8.18. The van der Waals surface area contributed by atoms with Crippen molar-refractivity contribution >= 4 is 5.91 Å². The number of rotatable bonds is 3. The van der Waals surface area contributed by atoms with Crippen LogP contribution in [0.15, 0.2) is 30.5 Å². The molecule has 25 heavy (non-hydrogen) atoms. The van der Waals surface area contributed by atoms with Gasteiger partial charge in [-0.2, -0.15) is 10.4 Å². The Morgan fingerprint density at radius 3 is 2.68 bits per heavy atom. The first kappa shape index (κ1) is 17.1. The van der Waals surface area contributed by atoms with Crippen molar-refractivity contribution in [3.05, 3.63) is 41.6 Å². The molecule has 0 spiro atoms. The van der Waals surface area contributed by atoms with E-state index in [1.54, 1.807) is 35.1 Å². The third kappa shape index (κ3) is 3.38. The highest BCUT2D eigenvalue weighted by Crippen LogP contribution is 2.31. The summed E-state index contributed by atoms with van der Waals surface area (Å²) < 4.78 is 28.4. The molecule has 0 aliphatic carbocycles. The number of hydrogen-bond donors (Lipinski definition) is 0. The third-order valence-electron chi connectivity index (χ3n) is 4.45. The summed E-state index contributed by atoms with van der Waals surface area (Å²) in [6.07, 6.45) is 0.988. The van der Waals surface area contributed by atoms with Crippen molar-refractivity contribution in [3.8, 4) is 17.3 Å². The van der Waals surface area contributed by atoms with Gasteiger partial charge in [-0.1, -0.05) is 0 Å². The Morgan fingerprint density at radius 1 is 1.32 bits per heavy atom. The minimum absolute atomic E-state index is 0.0261. The quantitative estimate of drug-likeness (QED) is 0.858. The van der Waals surface area contributed by atoms with Crippen LogP contribution in [0.3, 0.4) is 0 Å². The second-order valence-corrected chi connectivity index (χ2v) is 6.05. The number of alkyl halides is 2. The summed E-state index contributed by atoms with van der Waals surface area (Å²) >= 11 is 0. The van der Waals surface area contributed by atoms with Gasteiger partial charge in [0.25, 0.3) is 11.8 Å². The number of nitriles is 1. The zero-order chi connectivity index (χ0) is 18.0. The lowest BCUT2D eigenvalue weighted by molar-refractivity contribution is -0.0494. The largest absolute Gasteiger partial charge is 0.338 e. The molecule has 2 aromatic rings. The smallest absolute Gasteiger partial charge is 0.254 e. The van der Waals surface area contributed by atoms with Gasteiger partial charge < -0.3 is 4.90 Å². The van der Waals surface area contributed by atoms with Crippen molar-refractivity contribution in [1.29, 1.82) is 5.26 Å². The molecule has 0 radical (unpaired) electrons. The molecule has 0 saturated carbocycles. The molecule has 1 aliphatic rings. The van der Waals surface area contributed by atoms with Crippen molar-refractivity contribution < 1.29 is 13.6 Å². The molecule has 1 aliphatic heterocycles. The van der Waals surface area contributed by atoms with Gasteiger partial charge in [-0.15, -0.1) is 0 Å². The molecule has 0 N–H and O–H groups in total. The Hall–Kier alpha value is -2.75. The van der Waals surface area contributed by atoms with Crippen molar-refractivity contribution in [2.24, 2.45) is 0 Å². The number of benzene rings is 1. The molecule has 2 heterocycles. The number of hydrogen-bond acceptors (Lipinski definition) is 3. The fraction of sp³-hybridized carbons (Fsp3) is 0.389. The van der Waals surface area contributed by atoms with Gasteiger partial charge in [-0.3, -0.25) is 9.48 Å². The molecule has 0 unspecified atom stereocenters. The Kier molecular flexibility index (Phi) is 4.53. The van der Waals surface area contributed by atoms with Crippen LogP contribution < -0.4 is 0 Å². The Labute approximate surface area is 144 Å². The number of halogens is 2. The molecule has 1 aromatic heterocycles. The Bertz CT molecular complexity index is 828. The first-order valence-corrected chi connectivity index (χ1v) is 8.18. The van der Waals surface area contributed by atoms with Crippen LogP contribution in [0, 0.1) is 11.3 Å². The summed E-state index contributed by atoms with van der Waals surface area (Å²) in [5.74, 6) is -3.00. The van der Waals surface area contributed by atoms with E-state index < -0.39 is 5.92 Å². The van der Waals surface area contributed by atoms with Gasteiger partial charge in [-0.05, 0) is 31.2 Å². The van der Waals surface area contributed by atoms with E-state index in [0.717, 1.165) is 5.69 Å². The molecule has 1 fully saturated rings. The predicted octanol–water partition coefficient (Wildman–Crippen LogP) is 3.31. The van der Waals surface area contributed by atoms with Crippen LogP contribution in [0.2, 0.25) is 0 Å². The molecular weight excluding hydrogens is 326 g/mol. The zero-order valence-electron chi connectivity index (χ0n) is 13.9. The average Bonchev–Trinajstić information content (AvgIpc) is 3.09. The SMILES string of the molecule is CCn1nccc1-c1cc(C#N)ccc1C(=O)N1CCC(F)(F)CC1. The number of aryl methyl sites for hydroxylation is 1. The van der Waals surface area contributed by atoms with Gasteiger partial charge in [0.1, 0.15) is 0 Å². The zero-order valence-corrected chi connectivity index (χ0v) is 13.9. The number of piperidine rings is 1. The standard InChI is InChI=1S/C18H18F2N4O/c1-2-24-16(5-8-22-24)15-11-13(12-21)3-4-14(15)17(25)23-9-6-18(19,20)7-10-23/h3-5,8,11H,2,6-7,9-10H2,1H3. The normalized spacial score (nSPS) is 16.5. The minimum Gasteiger partial charge on any atom is -0.338 e. The minimum atomic E-state index is -2.70. The van der Waals surface area contributed by atoms with Crippen molar-refractivity contribution in [2.45, 2.75) is 32.2 Å². The van der Waals surface area contributed by atoms with Gasteiger partial charge >= 0.3 is 0 Å². The van der Waals surface area contributed by atoms with Gasteiger partial charge in [0, 0.05) is 49.8 Å². The van der Waals surface area contributed by atoms with E-state index >= 15 is 0 Å². The Morgan fingerprint density at radius 2 is 2.04 bits per heavy atom. The van der Waals surface area contributed by atoms with E-state index in [1.165, 1.54) is 4.90 Å². The topological polar surface area (TPSA) is 61.9 Å². The van der Waals surface area contributed by atoms with Crippen molar-refractivity contribution in [2.75, 3.05) is 13.1 Å². The summed E-state index contributed by atoms with van der Waals surface area (Å²) in [4.78, 5) is 14.3. The molecule has 1 saturated heterocycles. The van der Waals surface area contributed by atoms with E-state index in [9.17, 15) is 18.8 Å². The van der Waals surface area contributed by atoms with Gasteiger partial charge in [0.2, 0.25) is 0 Å². The van der Waals surface area contributed by atoms with E-state index in [4.69, 9.17) is 0 Å². The first-order chi connectivity index (χ1) is 11.9. The van der Waals surface area contributed by atoms with Crippen LogP contribution in [-0.2, 0) is 6.54 Å². The fourth-order valence-electron chi connectivity index (χ4n) is 3.03. The maximum absolute atomic E-state index is 13.4. The van der Waals surface area contributed by atoms with E-state index in [-0.39, 0.29) is 31.8 Å². The molecule has 1 amide bonds. The van der Waals surface area contributed by atoms with E-state index in [2.05, 4.69) is 11.2 Å². The van der Waals surface area contributed by atoms with Crippen LogP contribution in [-0.4, -0.2) is 39.6 Å². The summed E-state index contributed by atoms with van der Waals surface area (Å²) in [7, 11) is 0. The molecular formula is C18H18F2N4O. The van der Waals surface area contributed by atoms with Crippen LogP contribution in [0.25, 0.3) is 11.3 Å². The highest BCUT2D eigenvalue weighted by molar-refractivity contribution is 6.00. The fourth-order valence-corrected chi connectivity index (χ4v) is 3.03. The lowest BCUT2D eigenvalue weighted by atomic mass is 9.98. The predicted molar refractivity (Wildman–Crippen MR) is 88.1 cm³/mol. The maximum Gasteiger partial charge on any atom is 0.254 e. The molecule has 130 valence electrons. The van der Waals surface area contributed by atoms with Crippen LogP contribution in [0.1, 0.15) is 35.7 Å². The van der Waals surface area contributed by atoms with Crippen molar-refractivity contribution in [1.82, 2.24) is 14.7 Å². The number of nitrogens with zero attached hydrogens (tertiary/aromatic N) is 4. The van der Waals surface area contributed by atoms with E-state index in [1.807, 2.05) is 6.92 Å². The maximum atomic E-state index is 13.4. The molecule has 0 atom stereocenters. The molecule has 3 rings (SSSR count). The summed E-state index contributed by atoms with van der Waals surface area (Å²) in [5.41, 5.74) is 2.16. The van der Waals surface area contributed by atoms with Gasteiger partial charge in [0.15, 0.2) is 0 Å². The second kappa shape index (κ2) is 6.63. The number of carbonyl (C=O) groups excluding carboxylic acids is 1. The van der Waals surface area contributed by atoms with Gasteiger partial charge in [-0.25, -0.2) is 8.78 Å². The highest BCUT2D eigenvalue weighted by Gasteiger charge is 2.36. The number of likely N-dealkylation sites (tertiary alicyclic amines) is 1. The summed E-state index contributed by atoms with van der Waals surface area (Å²) in [6.45, 7) is 2.60. The third-order valence-corrected chi connectivity index (χ3v) is 4.45.